The average molecular weight is 621 g/mol. The number of nitrogens with one attached hydrogen (secondary N) is 2. The van der Waals surface area contributed by atoms with Crippen LogP contribution in [-0.4, -0.2) is 65.8 Å². The van der Waals surface area contributed by atoms with E-state index in [0.717, 1.165) is 29.6 Å². The molecule has 4 aliphatic rings. The SMILES string of the molecule is COc1ccc(CN2C(=O)C(C3=NS(=O)(=O)c4c(CNS(C)(=O)=O)csc4N3)C(=O)C3C4C=CC(C4)C32)c(OC)c1. The lowest BCUT2D eigenvalue weighted by Crippen LogP contribution is -2.61. The molecule has 1 amide bonds. The molecule has 5 atom stereocenters. The Kier molecular flexibility index (Phi) is 6.75. The van der Waals surface area contributed by atoms with Crippen molar-refractivity contribution in [3.05, 3.63) is 46.9 Å². The smallest absolute Gasteiger partial charge is 0.287 e. The van der Waals surface area contributed by atoms with Gasteiger partial charge >= 0.3 is 0 Å². The van der Waals surface area contributed by atoms with Gasteiger partial charge in [0.05, 0.1) is 20.5 Å². The van der Waals surface area contributed by atoms with Crippen LogP contribution in [0.25, 0.3) is 0 Å². The third kappa shape index (κ3) is 4.73. The van der Waals surface area contributed by atoms with Crippen molar-refractivity contribution in [2.24, 2.45) is 28.1 Å². The molecule has 0 spiro atoms. The van der Waals surface area contributed by atoms with Crippen LogP contribution in [0.3, 0.4) is 0 Å². The fourth-order valence-electron chi connectivity index (χ4n) is 6.35. The molecule has 41 heavy (non-hydrogen) atoms. The van der Waals surface area contributed by atoms with Crippen LogP contribution in [0.15, 0.2) is 45.0 Å². The molecular weight excluding hydrogens is 593 g/mol. The Morgan fingerprint density at radius 1 is 1.15 bits per heavy atom. The van der Waals surface area contributed by atoms with Gasteiger partial charge in [0, 0.05) is 42.2 Å². The molecule has 3 heterocycles. The number of allylic oxidation sites excluding steroid dienone is 1. The lowest BCUT2D eigenvalue weighted by Gasteiger charge is -2.44. The number of Topliss-reactive ketones (excluding diaryl/α,β-unsaturated/α-hetero) is 1. The van der Waals surface area contributed by atoms with Crippen LogP contribution in [0.4, 0.5) is 5.00 Å². The van der Waals surface area contributed by atoms with Gasteiger partial charge < -0.3 is 19.7 Å². The quantitative estimate of drug-likeness (QED) is 0.331. The highest BCUT2D eigenvalue weighted by Crippen LogP contribution is 2.51. The van der Waals surface area contributed by atoms with Crippen molar-refractivity contribution in [1.82, 2.24) is 9.62 Å². The highest BCUT2D eigenvalue weighted by Gasteiger charge is 2.59. The van der Waals surface area contributed by atoms with Crippen LogP contribution in [0.2, 0.25) is 0 Å². The number of sulfonamides is 2. The third-order valence-corrected chi connectivity index (χ3v) is 11.3. The number of ether oxygens (including phenoxy) is 2. The van der Waals surface area contributed by atoms with Crippen molar-refractivity contribution < 1.29 is 35.9 Å². The predicted molar refractivity (Wildman–Crippen MR) is 151 cm³/mol. The zero-order valence-electron chi connectivity index (χ0n) is 22.4. The van der Waals surface area contributed by atoms with E-state index < -0.39 is 37.8 Å². The van der Waals surface area contributed by atoms with E-state index in [1.54, 1.807) is 30.2 Å². The van der Waals surface area contributed by atoms with E-state index in [9.17, 15) is 26.4 Å². The Bertz CT molecular complexity index is 1730. The summed E-state index contributed by atoms with van der Waals surface area (Å²) in [6.45, 7) is -0.0893. The van der Waals surface area contributed by atoms with Crippen molar-refractivity contribution in [3.8, 4) is 11.5 Å². The first kappa shape index (κ1) is 27.9. The summed E-state index contributed by atoms with van der Waals surface area (Å²) in [7, 11) is -4.85. The molecule has 1 saturated carbocycles. The second-order valence-electron chi connectivity index (χ2n) is 10.5. The fourth-order valence-corrected chi connectivity index (χ4v) is 9.41. The van der Waals surface area contributed by atoms with Gasteiger partial charge in [-0.2, -0.15) is 8.42 Å². The number of carbonyl (C=O) groups is 2. The molecule has 2 aromatic rings. The number of methoxy groups -OCH3 is 2. The zero-order valence-corrected chi connectivity index (χ0v) is 24.8. The maximum absolute atomic E-state index is 14.1. The van der Waals surface area contributed by atoms with E-state index in [0.29, 0.717) is 11.5 Å². The molecule has 5 unspecified atom stereocenters. The van der Waals surface area contributed by atoms with Crippen molar-refractivity contribution in [1.29, 1.82) is 0 Å². The number of fused-ring (bicyclic) bond motifs is 6. The molecule has 2 N–H and O–H groups in total. The van der Waals surface area contributed by atoms with Crippen LogP contribution in [-0.2, 0) is 42.7 Å². The topological polar surface area (TPSA) is 161 Å². The molecule has 2 fully saturated rings. The molecule has 218 valence electrons. The van der Waals surface area contributed by atoms with E-state index >= 15 is 0 Å². The summed E-state index contributed by atoms with van der Waals surface area (Å²) in [6, 6.07) is 4.93. The highest BCUT2D eigenvalue weighted by molar-refractivity contribution is 7.91. The number of carbonyl (C=O) groups excluding carboxylic acids is 2. The molecule has 15 heteroatoms. The number of amidine groups is 1. The van der Waals surface area contributed by atoms with E-state index in [2.05, 4.69) is 20.5 Å². The van der Waals surface area contributed by atoms with Crippen LogP contribution < -0.4 is 19.5 Å². The van der Waals surface area contributed by atoms with Crippen LogP contribution >= 0.6 is 11.3 Å². The number of benzene rings is 1. The lowest BCUT2D eigenvalue weighted by atomic mass is 9.75. The van der Waals surface area contributed by atoms with Gasteiger partial charge in [0.15, 0.2) is 11.7 Å². The second-order valence-corrected chi connectivity index (χ2v) is 14.8. The van der Waals surface area contributed by atoms with E-state index in [-0.39, 0.29) is 58.0 Å². The number of ketones is 1. The van der Waals surface area contributed by atoms with Gasteiger partial charge in [0.25, 0.3) is 10.0 Å². The number of thiophene rings is 1. The summed E-state index contributed by atoms with van der Waals surface area (Å²) in [5.74, 6) is -1.98. The van der Waals surface area contributed by atoms with Gasteiger partial charge in [-0.25, -0.2) is 13.1 Å². The Labute approximate surface area is 241 Å². The Balaban J connectivity index is 1.37. The van der Waals surface area contributed by atoms with Crippen LogP contribution in [0.5, 0.6) is 11.5 Å². The minimum Gasteiger partial charge on any atom is -0.497 e. The minimum absolute atomic E-state index is 0.0156. The van der Waals surface area contributed by atoms with Crippen molar-refractivity contribution >= 4 is 53.9 Å². The number of rotatable bonds is 8. The first-order chi connectivity index (χ1) is 19.4. The summed E-state index contributed by atoms with van der Waals surface area (Å²) in [5, 5.41) is 4.62. The fraction of sp³-hybridized carbons (Fsp3) is 0.423. The molecule has 2 bridgehead atoms. The molecule has 1 aromatic heterocycles. The maximum atomic E-state index is 14.1. The number of hydrogen-bond donors (Lipinski definition) is 2. The number of likely N-dealkylation sites (tertiary alicyclic amines) is 1. The Hall–Kier alpha value is -3.27. The average Bonchev–Trinajstić information content (AvgIpc) is 3.64. The van der Waals surface area contributed by atoms with Gasteiger partial charge in [0.1, 0.15) is 27.2 Å². The van der Waals surface area contributed by atoms with Gasteiger partial charge in [-0.3, -0.25) is 9.59 Å². The Morgan fingerprint density at radius 3 is 2.61 bits per heavy atom. The van der Waals surface area contributed by atoms with Crippen molar-refractivity contribution in [2.45, 2.75) is 30.4 Å². The predicted octanol–water partition coefficient (Wildman–Crippen LogP) is 1.75. The van der Waals surface area contributed by atoms with Crippen molar-refractivity contribution in [3.63, 3.8) is 0 Å². The molecule has 1 saturated heterocycles. The molecule has 1 aromatic carbocycles. The molecule has 0 radical (unpaired) electrons. The Morgan fingerprint density at radius 2 is 1.90 bits per heavy atom. The number of anilines is 1. The van der Waals surface area contributed by atoms with Crippen molar-refractivity contribution in [2.75, 3.05) is 25.8 Å². The number of hydrogen-bond acceptors (Lipinski definition) is 10. The number of nitrogens with zero attached hydrogens (tertiary/aromatic N) is 2. The van der Waals surface area contributed by atoms with Crippen LogP contribution in [0.1, 0.15) is 17.5 Å². The maximum Gasteiger partial charge on any atom is 0.287 e. The second kappa shape index (κ2) is 9.93. The normalized spacial score (nSPS) is 27.7. The molecule has 12 nitrogen and oxygen atoms in total. The summed E-state index contributed by atoms with van der Waals surface area (Å²) < 4.78 is 66.9. The molecular formula is C26H28N4O8S3. The van der Waals surface area contributed by atoms with E-state index in [4.69, 9.17) is 9.47 Å². The first-order valence-corrected chi connectivity index (χ1v) is 17.0. The zero-order chi connectivity index (χ0) is 29.3. The monoisotopic (exact) mass is 620 g/mol. The van der Waals surface area contributed by atoms with E-state index in [1.165, 1.54) is 12.5 Å². The van der Waals surface area contributed by atoms with Gasteiger partial charge in [0.2, 0.25) is 15.9 Å². The first-order valence-electron chi connectivity index (χ1n) is 12.8. The lowest BCUT2D eigenvalue weighted by molar-refractivity contribution is -0.151. The minimum atomic E-state index is -4.34. The van der Waals surface area contributed by atoms with E-state index in [1.807, 2.05) is 6.08 Å². The summed E-state index contributed by atoms with van der Waals surface area (Å²) in [5.41, 5.74) is 0.938. The highest BCUT2D eigenvalue weighted by atomic mass is 32.2. The molecule has 2 aliphatic carbocycles. The summed E-state index contributed by atoms with van der Waals surface area (Å²) in [6.07, 6.45) is 5.77. The summed E-state index contributed by atoms with van der Waals surface area (Å²) in [4.78, 5) is 29.6. The van der Waals surface area contributed by atoms with Gasteiger partial charge in [-0.1, -0.05) is 12.2 Å². The summed E-state index contributed by atoms with van der Waals surface area (Å²) >= 11 is 1.04. The van der Waals surface area contributed by atoms with Crippen LogP contribution in [0, 0.1) is 23.7 Å². The van der Waals surface area contributed by atoms with Gasteiger partial charge in [-0.05, 0) is 35.8 Å². The number of amides is 1. The third-order valence-electron chi connectivity index (χ3n) is 8.09. The standard InChI is InChI=1S/C26H28N4O8S3/c1-37-17-7-6-15(18(9-17)38-2)11-30-21-14-5-4-13(8-14)19(21)22(31)20(26(30)32)24-28-25-23(41(35,36)29-24)16(12-39-25)10-27-40(3,33)34/h4-7,9,12-14,19-21,27H,8,10-11H2,1-3H3,(H,28,29). The van der Waals surface area contributed by atoms with Gasteiger partial charge in [-0.15, -0.1) is 15.7 Å². The number of piperidine rings is 1. The molecule has 6 rings (SSSR count). The molecule has 2 aliphatic heterocycles. The largest absolute Gasteiger partial charge is 0.497 e.